The SMILES string of the molecule is CCN(CC)CCn1nc[nH]c1=O. The fourth-order valence-corrected chi connectivity index (χ4v) is 1.22. The fourth-order valence-electron chi connectivity index (χ4n) is 1.22. The van der Waals surface area contributed by atoms with E-state index in [2.05, 4.69) is 28.8 Å². The molecule has 0 fully saturated rings. The second-order valence-electron chi connectivity index (χ2n) is 2.84. The lowest BCUT2D eigenvalue weighted by molar-refractivity contribution is 0.283. The van der Waals surface area contributed by atoms with E-state index >= 15 is 0 Å². The molecule has 5 nitrogen and oxygen atoms in total. The smallest absolute Gasteiger partial charge is 0.302 e. The van der Waals surface area contributed by atoms with Crippen LogP contribution in [0.1, 0.15) is 13.8 Å². The van der Waals surface area contributed by atoms with E-state index < -0.39 is 0 Å². The summed E-state index contributed by atoms with van der Waals surface area (Å²) in [6.45, 7) is 7.76. The molecule has 1 aromatic rings. The molecule has 0 bridgehead atoms. The summed E-state index contributed by atoms with van der Waals surface area (Å²) in [7, 11) is 0. The average molecular weight is 184 g/mol. The number of hydrogen-bond acceptors (Lipinski definition) is 3. The quantitative estimate of drug-likeness (QED) is 0.696. The number of rotatable bonds is 5. The maximum atomic E-state index is 11.0. The molecule has 0 spiro atoms. The first-order valence-electron chi connectivity index (χ1n) is 4.60. The predicted molar refractivity (Wildman–Crippen MR) is 50.6 cm³/mol. The zero-order valence-electron chi connectivity index (χ0n) is 8.16. The zero-order valence-corrected chi connectivity index (χ0v) is 8.16. The van der Waals surface area contributed by atoms with Crippen molar-refractivity contribution in [3.8, 4) is 0 Å². The van der Waals surface area contributed by atoms with Crippen LogP contribution in [0, 0.1) is 0 Å². The van der Waals surface area contributed by atoms with Crippen LogP contribution in [0.25, 0.3) is 0 Å². The highest BCUT2D eigenvalue weighted by Crippen LogP contribution is 1.86. The highest BCUT2D eigenvalue weighted by molar-refractivity contribution is 4.61. The van der Waals surface area contributed by atoms with E-state index in [1.807, 2.05) is 0 Å². The zero-order chi connectivity index (χ0) is 9.68. The topological polar surface area (TPSA) is 53.9 Å². The van der Waals surface area contributed by atoms with Gasteiger partial charge in [-0.25, -0.2) is 9.48 Å². The average Bonchev–Trinajstić information content (AvgIpc) is 2.54. The van der Waals surface area contributed by atoms with Gasteiger partial charge in [-0.2, -0.15) is 5.10 Å². The Balaban J connectivity index is 2.43. The molecule has 0 saturated carbocycles. The number of hydrogen-bond donors (Lipinski definition) is 1. The molecule has 0 aliphatic carbocycles. The number of nitrogens with zero attached hydrogens (tertiary/aromatic N) is 3. The summed E-state index contributed by atoms with van der Waals surface area (Å²) in [6, 6.07) is 0. The summed E-state index contributed by atoms with van der Waals surface area (Å²) in [5, 5.41) is 3.88. The monoisotopic (exact) mass is 184 g/mol. The Morgan fingerprint density at radius 2 is 2.23 bits per heavy atom. The van der Waals surface area contributed by atoms with E-state index in [1.165, 1.54) is 11.0 Å². The highest BCUT2D eigenvalue weighted by atomic mass is 16.1. The van der Waals surface area contributed by atoms with Crippen LogP contribution in [-0.4, -0.2) is 39.3 Å². The van der Waals surface area contributed by atoms with Crippen LogP contribution in [0.15, 0.2) is 11.1 Å². The minimum absolute atomic E-state index is 0.132. The van der Waals surface area contributed by atoms with E-state index in [1.54, 1.807) is 0 Å². The van der Waals surface area contributed by atoms with Gasteiger partial charge in [-0.05, 0) is 13.1 Å². The Morgan fingerprint density at radius 1 is 1.54 bits per heavy atom. The van der Waals surface area contributed by atoms with Crippen LogP contribution < -0.4 is 5.69 Å². The van der Waals surface area contributed by atoms with Crippen molar-refractivity contribution in [3.63, 3.8) is 0 Å². The molecule has 74 valence electrons. The van der Waals surface area contributed by atoms with Gasteiger partial charge < -0.3 is 4.90 Å². The lowest BCUT2D eigenvalue weighted by atomic mass is 10.5. The first kappa shape index (κ1) is 9.98. The molecule has 13 heavy (non-hydrogen) atoms. The Bertz CT molecular complexity index is 286. The third-order valence-corrected chi connectivity index (χ3v) is 2.14. The molecule has 5 heteroatoms. The van der Waals surface area contributed by atoms with Gasteiger partial charge in [0.15, 0.2) is 0 Å². The van der Waals surface area contributed by atoms with Crippen LogP contribution in [0.4, 0.5) is 0 Å². The summed E-state index contributed by atoms with van der Waals surface area (Å²) in [5.74, 6) is 0. The van der Waals surface area contributed by atoms with E-state index in [0.717, 1.165) is 19.6 Å². The second-order valence-corrected chi connectivity index (χ2v) is 2.84. The van der Waals surface area contributed by atoms with E-state index in [4.69, 9.17) is 0 Å². The van der Waals surface area contributed by atoms with E-state index in [9.17, 15) is 4.79 Å². The summed E-state index contributed by atoms with van der Waals surface area (Å²) in [6.07, 6.45) is 1.42. The van der Waals surface area contributed by atoms with Gasteiger partial charge in [-0.1, -0.05) is 13.8 Å². The fraction of sp³-hybridized carbons (Fsp3) is 0.750. The Labute approximate surface area is 77.4 Å². The largest absolute Gasteiger partial charge is 0.343 e. The maximum absolute atomic E-state index is 11.0. The van der Waals surface area contributed by atoms with Crippen LogP contribution in [-0.2, 0) is 6.54 Å². The second kappa shape index (κ2) is 4.81. The Hall–Kier alpha value is -1.10. The van der Waals surface area contributed by atoms with Crippen LogP contribution in [0.5, 0.6) is 0 Å². The molecular weight excluding hydrogens is 168 g/mol. The molecule has 1 heterocycles. The van der Waals surface area contributed by atoms with Crippen LogP contribution in [0.2, 0.25) is 0 Å². The van der Waals surface area contributed by atoms with Gasteiger partial charge >= 0.3 is 5.69 Å². The summed E-state index contributed by atoms with van der Waals surface area (Å²) < 4.78 is 1.44. The lowest BCUT2D eigenvalue weighted by Gasteiger charge is -2.16. The van der Waals surface area contributed by atoms with Gasteiger partial charge in [-0.3, -0.25) is 4.98 Å². The molecule has 0 aromatic carbocycles. The number of aromatic nitrogens is 3. The minimum atomic E-state index is -0.132. The van der Waals surface area contributed by atoms with Gasteiger partial charge in [0.2, 0.25) is 0 Å². The van der Waals surface area contributed by atoms with Gasteiger partial charge in [-0.15, -0.1) is 0 Å². The first-order valence-corrected chi connectivity index (χ1v) is 4.60. The van der Waals surface area contributed by atoms with Crippen molar-refractivity contribution >= 4 is 0 Å². The van der Waals surface area contributed by atoms with E-state index in [0.29, 0.717) is 6.54 Å². The molecule has 1 rings (SSSR count). The van der Waals surface area contributed by atoms with Crippen molar-refractivity contribution in [3.05, 3.63) is 16.8 Å². The van der Waals surface area contributed by atoms with Crippen molar-refractivity contribution in [1.82, 2.24) is 19.7 Å². The molecular formula is C8H16N4O. The summed E-state index contributed by atoms with van der Waals surface area (Å²) in [5.41, 5.74) is -0.132. The molecule has 0 aliphatic rings. The van der Waals surface area contributed by atoms with Crippen molar-refractivity contribution in [2.24, 2.45) is 0 Å². The van der Waals surface area contributed by atoms with Crippen molar-refractivity contribution < 1.29 is 0 Å². The lowest BCUT2D eigenvalue weighted by Crippen LogP contribution is -2.30. The molecule has 1 aromatic heterocycles. The molecule has 0 saturated heterocycles. The standard InChI is InChI=1S/C8H16N4O/c1-3-11(4-2)5-6-12-8(13)9-7-10-12/h7H,3-6H2,1-2H3,(H,9,10,13). The van der Waals surface area contributed by atoms with Gasteiger partial charge in [0, 0.05) is 6.54 Å². The normalized spacial score (nSPS) is 11.0. The third-order valence-electron chi connectivity index (χ3n) is 2.14. The van der Waals surface area contributed by atoms with Gasteiger partial charge in [0.25, 0.3) is 0 Å². The highest BCUT2D eigenvalue weighted by Gasteiger charge is 2.01. The van der Waals surface area contributed by atoms with Crippen LogP contribution >= 0.6 is 0 Å². The van der Waals surface area contributed by atoms with Crippen molar-refractivity contribution in [2.75, 3.05) is 19.6 Å². The molecule has 0 atom stereocenters. The summed E-state index contributed by atoms with van der Waals surface area (Å²) in [4.78, 5) is 15.8. The molecule has 0 amide bonds. The molecule has 0 radical (unpaired) electrons. The number of H-pyrrole nitrogens is 1. The number of aromatic amines is 1. The Morgan fingerprint density at radius 3 is 2.69 bits per heavy atom. The number of nitrogens with one attached hydrogen (secondary N) is 1. The predicted octanol–water partition coefficient (Wildman–Crippen LogP) is -0.0868. The maximum Gasteiger partial charge on any atom is 0.343 e. The van der Waals surface area contributed by atoms with Crippen molar-refractivity contribution in [1.29, 1.82) is 0 Å². The van der Waals surface area contributed by atoms with Crippen LogP contribution in [0.3, 0.4) is 0 Å². The first-order chi connectivity index (χ1) is 6.27. The van der Waals surface area contributed by atoms with Gasteiger partial charge in [0.1, 0.15) is 6.33 Å². The van der Waals surface area contributed by atoms with Gasteiger partial charge in [0.05, 0.1) is 6.54 Å². The van der Waals surface area contributed by atoms with Crippen molar-refractivity contribution in [2.45, 2.75) is 20.4 Å². The molecule has 0 unspecified atom stereocenters. The van der Waals surface area contributed by atoms with E-state index in [-0.39, 0.29) is 5.69 Å². The molecule has 1 N–H and O–H groups in total. The Kier molecular flexibility index (Phi) is 3.70. The third kappa shape index (κ3) is 2.69. The minimum Gasteiger partial charge on any atom is -0.302 e. The molecule has 0 aliphatic heterocycles. The summed E-state index contributed by atoms with van der Waals surface area (Å²) >= 11 is 0. The number of likely N-dealkylation sites (N-methyl/N-ethyl adjacent to an activating group) is 1.